The zero-order valence-corrected chi connectivity index (χ0v) is 18.8. The molecule has 0 saturated heterocycles. The van der Waals surface area contributed by atoms with E-state index < -0.39 is 0 Å². The summed E-state index contributed by atoms with van der Waals surface area (Å²) in [5, 5.41) is 0. The van der Waals surface area contributed by atoms with Gasteiger partial charge in [0, 0.05) is 5.75 Å². The molecule has 0 unspecified atom stereocenters. The van der Waals surface area contributed by atoms with Crippen molar-refractivity contribution in [1.29, 1.82) is 0 Å². The second-order valence-electron chi connectivity index (χ2n) is 5.19. The SMILES string of the molecule is CCCCCCOc1c[c-]ccc1OCCCCCC.[Zn+][Br]. The van der Waals surface area contributed by atoms with E-state index in [-0.39, 0.29) is 0 Å². The monoisotopic (exact) mass is 420 g/mol. The predicted molar refractivity (Wildman–Crippen MR) is 93.5 cm³/mol. The van der Waals surface area contributed by atoms with Crippen LogP contribution in [-0.4, -0.2) is 13.2 Å². The Morgan fingerprint density at radius 2 is 1.41 bits per heavy atom. The molecule has 0 bridgehead atoms. The van der Waals surface area contributed by atoms with Crippen molar-refractivity contribution in [3.63, 3.8) is 0 Å². The number of benzene rings is 1. The normalized spacial score (nSPS) is 9.86. The Labute approximate surface area is 153 Å². The summed E-state index contributed by atoms with van der Waals surface area (Å²) in [5.74, 6) is 1.69. The van der Waals surface area contributed by atoms with Crippen molar-refractivity contribution < 1.29 is 25.8 Å². The van der Waals surface area contributed by atoms with Gasteiger partial charge in [0.2, 0.25) is 0 Å². The third kappa shape index (κ3) is 11.5. The van der Waals surface area contributed by atoms with Gasteiger partial charge < -0.3 is 9.47 Å². The first-order valence-electron chi connectivity index (χ1n) is 8.41. The van der Waals surface area contributed by atoms with Crippen molar-refractivity contribution in [2.45, 2.75) is 65.2 Å². The van der Waals surface area contributed by atoms with E-state index in [1.807, 2.05) is 18.2 Å². The second-order valence-corrected chi connectivity index (χ2v) is 5.19. The number of unbranched alkanes of at least 4 members (excludes halogenated alkanes) is 6. The first kappa shape index (κ1) is 21.9. The van der Waals surface area contributed by atoms with Crippen molar-refractivity contribution in [3.05, 3.63) is 24.3 Å². The average Bonchev–Trinajstić information content (AvgIpc) is 2.57. The molecule has 4 heteroatoms. The van der Waals surface area contributed by atoms with Gasteiger partial charge in [0.15, 0.2) is 0 Å². The van der Waals surface area contributed by atoms with Crippen LogP contribution in [0.4, 0.5) is 0 Å². The van der Waals surface area contributed by atoms with Gasteiger partial charge in [0.05, 0.1) is 19.0 Å². The standard InChI is InChI=1S/C18H29O2.BrH.Zn/c1-3-5-7-11-15-19-17-13-9-10-14-18(17)20-16-12-8-6-4-2;;/h9,13-14H,3-8,11-12,15-16H2,1-2H3;1H;/q-1;;+2/p-1. The van der Waals surface area contributed by atoms with Crippen LogP contribution in [0.25, 0.3) is 0 Å². The van der Waals surface area contributed by atoms with Crippen LogP contribution in [0.5, 0.6) is 11.5 Å². The minimum absolute atomic E-state index is 0.768. The maximum absolute atomic E-state index is 5.82. The molecule has 0 heterocycles. The van der Waals surface area contributed by atoms with Crippen LogP contribution >= 0.6 is 13.6 Å². The van der Waals surface area contributed by atoms with E-state index in [2.05, 4.69) is 33.5 Å². The molecule has 0 N–H and O–H groups in total. The van der Waals surface area contributed by atoms with E-state index in [0.717, 1.165) is 37.6 Å². The fraction of sp³-hybridized carbons (Fsp3) is 0.667. The van der Waals surface area contributed by atoms with Crippen molar-refractivity contribution in [1.82, 2.24) is 0 Å². The summed E-state index contributed by atoms with van der Waals surface area (Å²) >= 11 is 4.25. The van der Waals surface area contributed by atoms with Gasteiger partial charge in [-0.25, -0.2) is 0 Å². The molecule has 1 aromatic carbocycles. The second kappa shape index (κ2) is 17.3. The van der Waals surface area contributed by atoms with E-state index in [4.69, 9.17) is 9.47 Å². The molecule has 0 spiro atoms. The van der Waals surface area contributed by atoms with Crippen molar-refractivity contribution >= 4 is 13.6 Å². The van der Waals surface area contributed by atoms with Crippen LogP contribution in [-0.2, 0) is 16.3 Å². The zero-order valence-electron chi connectivity index (χ0n) is 14.2. The van der Waals surface area contributed by atoms with Crippen LogP contribution < -0.4 is 9.47 Å². The molecule has 122 valence electrons. The molecule has 22 heavy (non-hydrogen) atoms. The Bertz CT molecular complexity index is 315. The van der Waals surface area contributed by atoms with E-state index in [0.29, 0.717) is 0 Å². The number of ether oxygens (including phenoxy) is 2. The van der Waals surface area contributed by atoms with Gasteiger partial charge in [0.1, 0.15) is 0 Å². The molecule has 0 aromatic heterocycles. The van der Waals surface area contributed by atoms with Crippen molar-refractivity contribution in [3.8, 4) is 11.5 Å². The van der Waals surface area contributed by atoms with Crippen LogP contribution in [0.3, 0.4) is 0 Å². The van der Waals surface area contributed by atoms with Gasteiger partial charge in [-0.1, -0.05) is 52.4 Å². The molecule has 0 fully saturated rings. The molecule has 0 atom stereocenters. The van der Waals surface area contributed by atoms with Gasteiger partial charge >= 0.3 is 30.0 Å². The summed E-state index contributed by atoms with van der Waals surface area (Å²) in [5.41, 5.74) is 0. The van der Waals surface area contributed by atoms with Crippen LogP contribution in [0.15, 0.2) is 18.2 Å². The zero-order chi connectivity index (χ0) is 16.5. The Hall–Kier alpha value is -0.0766. The van der Waals surface area contributed by atoms with Gasteiger partial charge in [-0.05, 0) is 12.8 Å². The Morgan fingerprint density at radius 1 is 0.864 bits per heavy atom. The van der Waals surface area contributed by atoms with E-state index in [1.54, 1.807) is 0 Å². The molecule has 2 nitrogen and oxygen atoms in total. The third-order valence-electron chi connectivity index (χ3n) is 3.30. The third-order valence-corrected chi connectivity index (χ3v) is 3.30. The van der Waals surface area contributed by atoms with Crippen LogP contribution in [0.1, 0.15) is 65.2 Å². The average molecular weight is 423 g/mol. The number of hydrogen-bond donors (Lipinski definition) is 0. The molecule has 1 rings (SSSR count). The maximum atomic E-state index is 5.82. The Balaban J connectivity index is 0.00000211. The molecule has 1 aromatic rings. The van der Waals surface area contributed by atoms with Crippen LogP contribution in [0, 0.1) is 6.07 Å². The molecule has 0 aliphatic rings. The summed E-state index contributed by atoms with van der Waals surface area (Å²) in [6.45, 7) is 5.98. The molecule has 0 radical (unpaired) electrons. The minimum atomic E-state index is 0.768. The number of halogens is 1. The summed E-state index contributed by atoms with van der Waals surface area (Å²) in [7, 11) is 0. The van der Waals surface area contributed by atoms with Gasteiger partial charge in [-0.15, -0.1) is 12.1 Å². The Morgan fingerprint density at radius 3 is 1.95 bits per heavy atom. The molecular formula is C18H29BrO2Zn. The van der Waals surface area contributed by atoms with E-state index in [1.165, 1.54) is 54.9 Å². The molecule has 0 aliphatic heterocycles. The van der Waals surface area contributed by atoms with Gasteiger partial charge in [-0.3, -0.25) is 0 Å². The van der Waals surface area contributed by atoms with Crippen LogP contribution in [0.2, 0.25) is 0 Å². The quantitative estimate of drug-likeness (QED) is 0.225. The van der Waals surface area contributed by atoms with Crippen molar-refractivity contribution in [2.24, 2.45) is 0 Å². The van der Waals surface area contributed by atoms with E-state index >= 15 is 0 Å². The first-order valence-corrected chi connectivity index (χ1v) is 15.4. The number of rotatable bonds is 12. The molecule has 0 saturated carbocycles. The molecule has 0 amide bonds. The number of hydrogen-bond acceptors (Lipinski definition) is 2. The molecular weight excluding hydrogens is 393 g/mol. The molecule has 0 aliphatic carbocycles. The Kier molecular flexibility index (Phi) is 17.2. The summed E-state index contributed by atoms with van der Waals surface area (Å²) in [6.07, 6.45) is 9.78. The summed E-state index contributed by atoms with van der Waals surface area (Å²) in [6, 6.07) is 8.76. The summed E-state index contributed by atoms with van der Waals surface area (Å²) < 4.78 is 11.6. The van der Waals surface area contributed by atoms with Gasteiger partial charge in [-0.2, -0.15) is 12.1 Å². The predicted octanol–water partition coefficient (Wildman–Crippen LogP) is 6.25. The van der Waals surface area contributed by atoms with Crippen molar-refractivity contribution in [2.75, 3.05) is 13.2 Å². The van der Waals surface area contributed by atoms with Gasteiger partial charge in [0.25, 0.3) is 0 Å². The topological polar surface area (TPSA) is 18.5 Å². The first-order chi connectivity index (χ1) is 10.9. The fourth-order valence-electron chi connectivity index (χ4n) is 2.05. The summed E-state index contributed by atoms with van der Waals surface area (Å²) in [4.78, 5) is 0. The van der Waals surface area contributed by atoms with E-state index in [9.17, 15) is 0 Å². The fourth-order valence-corrected chi connectivity index (χ4v) is 2.05.